The molecule has 11 heteroatoms. The third kappa shape index (κ3) is 4.90. The molecule has 0 N–H and O–H groups in total. The Bertz CT molecular complexity index is 1480. The van der Waals surface area contributed by atoms with Gasteiger partial charge in [-0.3, -0.25) is 9.59 Å². The van der Waals surface area contributed by atoms with Gasteiger partial charge in [0, 0.05) is 12.1 Å². The third-order valence-electron chi connectivity index (χ3n) is 6.62. The molecule has 0 saturated carbocycles. The molecule has 3 aromatic rings. The summed E-state index contributed by atoms with van der Waals surface area (Å²) in [6.45, 7) is 0. The van der Waals surface area contributed by atoms with E-state index in [-0.39, 0.29) is 28.3 Å². The molecule has 0 aromatic heterocycles. The second-order valence-corrected chi connectivity index (χ2v) is 8.56. The van der Waals surface area contributed by atoms with Crippen molar-refractivity contribution in [3.05, 3.63) is 53.6 Å². The fourth-order valence-corrected chi connectivity index (χ4v) is 4.71. The Morgan fingerprint density at radius 2 is 0.829 bits per heavy atom. The SMILES string of the molecule is COc1ccc(C2=C(c3cc(OC)c(OC)c(OC)c3)C(=O)N(c3cc(OC)c(OC)c(OC)c3)C2=O)cc1OC. The van der Waals surface area contributed by atoms with Crippen molar-refractivity contribution >= 4 is 28.6 Å². The number of methoxy groups -OCH3 is 8. The molecule has 216 valence electrons. The number of anilines is 1. The maximum absolute atomic E-state index is 14.3. The van der Waals surface area contributed by atoms with E-state index >= 15 is 0 Å². The zero-order chi connectivity index (χ0) is 29.8. The van der Waals surface area contributed by atoms with E-state index < -0.39 is 11.8 Å². The molecule has 4 rings (SSSR count). The molecule has 1 aliphatic rings. The lowest BCUT2D eigenvalue weighted by Crippen LogP contribution is -2.31. The molecule has 0 radical (unpaired) electrons. The van der Waals surface area contributed by atoms with Crippen LogP contribution in [0.15, 0.2) is 42.5 Å². The van der Waals surface area contributed by atoms with Gasteiger partial charge in [-0.15, -0.1) is 0 Å². The lowest BCUT2D eigenvalue weighted by atomic mass is 9.95. The van der Waals surface area contributed by atoms with Gasteiger partial charge in [-0.1, -0.05) is 6.07 Å². The topological polar surface area (TPSA) is 111 Å². The molecule has 1 aliphatic heterocycles. The number of hydrogen-bond donors (Lipinski definition) is 0. The van der Waals surface area contributed by atoms with E-state index in [9.17, 15) is 9.59 Å². The summed E-state index contributed by atoms with van der Waals surface area (Å²) < 4.78 is 43.7. The van der Waals surface area contributed by atoms with Gasteiger partial charge < -0.3 is 37.9 Å². The minimum atomic E-state index is -0.594. The summed E-state index contributed by atoms with van der Waals surface area (Å²) >= 11 is 0. The zero-order valence-corrected chi connectivity index (χ0v) is 24.1. The Hall–Kier alpha value is -5.06. The van der Waals surface area contributed by atoms with Crippen LogP contribution in [0.5, 0.6) is 46.0 Å². The van der Waals surface area contributed by atoms with Crippen molar-refractivity contribution in [2.45, 2.75) is 0 Å². The molecule has 3 aromatic carbocycles. The van der Waals surface area contributed by atoms with Gasteiger partial charge in [0.1, 0.15) is 0 Å². The van der Waals surface area contributed by atoms with E-state index in [0.717, 1.165) is 4.90 Å². The Morgan fingerprint density at radius 3 is 1.24 bits per heavy atom. The van der Waals surface area contributed by atoms with Crippen LogP contribution in [-0.4, -0.2) is 68.7 Å². The first-order chi connectivity index (χ1) is 19.8. The van der Waals surface area contributed by atoms with Gasteiger partial charge >= 0.3 is 0 Å². The standard InChI is InChI=1S/C30H31NO10/c1-34-19-10-9-16(11-20(19)35-2)25-26(17-12-21(36-3)27(40-7)22(13-17)37-4)30(33)31(29(25)32)18-14-23(38-5)28(41-8)24(15-18)39-6/h9-15H,1-8H3. The minimum absolute atomic E-state index is 0.107. The van der Waals surface area contributed by atoms with Gasteiger partial charge in [0.25, 0.3) is 11.8 Å². The largest absolute Gasteiger partial charge is 0.493 e. The van der Waals surface area contributed by atoms with Crippen molar-refractivity contribution in [3.8, 4) is 46.0 Å². The number of rotatable bonds is 11. The van der Waals surface area contributed by atoms with Crippen LogP contribution in [0, 0.1) is 0 Å². The minimum Gasteiger partial charge on any atom is -0.493 e. The first kappa shape index (κ1) is 28.9. The summed E-state index contributed by atoms with van der Waals surface area (Å²) in [4.78, 5) is 29.5. The first-order valence-corrected chi connectivity index (χ1v) is 12.3. The fourth-order valence-electron chi connectivity index (χ4n) is 4.71. The highest BCUT2D eigenvalue weighted by Crippen LogP contribution is 2.47. The van der Waals surface area contributed by atoms with Gasteiger partial charge in [0.05, 0.1) is 73.7 Å². The highest BCUT2D eigenvalue weighted by molar-refractivity contribution is 6.57. The van der Waals surface area contributed by atoms with Gasteiger partial charge in [-0.05, 0) is 35.4 Å². The normalized spacial score (nSPS) is 12.8. The van der Waals surface area contributed by atoms with E-state index in [4.69, 9.17) is 37.9 Å². The highest BCUT2D eigenvalue weighted by atomic mass is 16.5. The van der Waals surface area contributed by atoms with Crippen LogP contribution in [0.25, 0.3) is 11.1 Å². The van der Waals surface area contributed by atoms with Crippen LogP contribution in [0.3, 0.4) is 0 Å². The number of carbonyl (C=O) groups is 2. The summed E-state index contributed by atoms with van der Waals surface area (Å²) in [6, 6.07) is 11.3. The molecule has 41 heavy (non-hydrogen) atoms. The van der Waals surface area contributed by atoms with Crippen molar-refractivity contribution in [3.63, 3.8) is 0 Å². The van der Waals surface area contributed by atoms with E-state index in [1.807, 2.05) is 0 Å². The molecular formula is C30H31NO10. The molecule has 11 nitrogen and oxygen atoms in total. The summed E-state index contributed by atoms with van der Waals surface area (Å²) in [5.41, 5.74) is 1.25. The van der Waals surface area contributed by atoms with Crippen molar-refractivity contribution in [2.75, 3.05) is 61.8 Å². The fraction of sp³-hybridized carbons (Fsp3) is 0.267. The first-order valence-electron chi connectivity index (χ1n) is 12.3. The number of ether oxygens (including phenoxy) is 8. The summed E-state index contributed by atoms with van der Waals surface area (Å²) in [7, 11) is 11.8. The van der Waals surface area contributed by atoms with Crippen LogP contribution in [0.4, 0.5) is 5.69 Å². The average Bonchev–Trinajstić information content (AvgIpc) is 3.27. The third-order valence-corrected chi connectivity index (χ3v) is 6.62. The van der Waals surface area contributed by atoms with E-state index in [2.05, 4.69) is 0 Å². The van der Waals surface area contributed by atoms with E-state index in [1.54, 1.807) is 30.3 Å². The molecule has 0 atom stereocenters. The predicted octanol–water partition coefficient (Wildman–Crippen LogP) is 4.24. The van der Waals surface area contributed by atoms with Crippen molar-refractivity contribution < 1.29 is 47.5 Å². The Balaban J connectivity index is 2.02. The molecule has 0 unspecified atom stereocenters. The van der Waals surface area contributed by atoms with Gasteiger partial charge in [0.15, 0.2) is 34.5 Å². The second kappa shape index (κ2) is 12.0. The van der Waals surface area contributed by atoms with Crippen molar-refractivity contribution in [1.29, 1.82) is 0 Å². The Morgan fingerprint density at radius 1 is 0.439 bits per heavy atom. The van der Waals surface area contributed by atoms with Gasteiger partial charge in [-0.25, -0.2) is 4.90 Å². The number of imide groups is 1. The summed E-state index contributed by atoms with van der Waals surface area (Å²) in [5, 5.41) is 0. The molecule has 0 bridgehead atoms. The zero-order valence-electron chi connectivity index (χ0n) is 24.1. The average molecular weight is 566 g/mol. The number of hydrogen-bond acceptors (Lipinski definition) is 10. The van der Waals surface area contributed by atoms with Gasteiger partial charge in [0.2, 0.25) is 11.5 Å². The van der Waals surface area contributed by atoms with Crippen LogP contribution in [0.1, 0.15) is 11.1 Å². The molecule has 2 amide bonds. The molecule has 0 saturated heterocycles. The second-order valence-electron chi connectivity index (χ2n) is 8.56. The number of carbonyl (C=O) groups excluding carboxylic acids is 2. The van der Waals surface area contributed by atoms with Gasteiger partial charge in [-0.2, -0.15) is 0 Å². The van der Waals surface area contributed by atoms with Crippen LogP contribution in [0.2, 0.25) is 0 Å². The highest BCUT2D eigenvalue weighted by Gasteiger charge is 2.42. The van der Waals surface area contributed by atoms with Crippen molar-refractivity contribution in [2.24, 2.45) is 0 Å². The lowest BCUT2D eigenvalue weighted by molar-refractivity contribution is -0.119. The predicted molar refractivity (Wildman–Crippen MR) is 151 cm³/mol. The van der Waals surface area contributed by atoms with E-state index in [0.29, 0.717) is 45.6 Å². The summed E-state index contributed by atoms with van der Waals surface area (Å²) in [5.74, 6) is 1.50. The monoisotopic (exact) mass is 565 g/mol. The maximum Gasteiger partial charge on any atom is 0.266 e. The Kier molecular flexibility index (Phi) is 8.46. The quantitative estimate of drug-likeness (QED) is 0.313. The number of benzene rings is 3. The van der Waals surface area contributed by atoms with E-state index in [1.165, 1.54) is 69.0 Å². The van der Waals surface area contributed by atoms with Crippen LogP contribution >= 0.6 is 0 Å². The smallest absolute Gasteiger partial charge is 0.266 e. The Labute approximate surface area is 237 Å². The molecule has 0 fully saturated rings. The van der Waals surface area contributed by atoms with Crippen molar-refractivity contribution in [1.82, 2.24) is 0 Å². The van der Waals surface area contributed by atoms with Crippen LogP contribution in [-0.2, 0) is 9.59 Å². The molecule has 1 heterocycles. The number of nitrogens with zero attached hydrogens (tertiary/aromatic N) is 1. The summed E-state index contributed by atoms with van der Waals surface area (Å²) in [6.07, 6.45) is 0. The maximum atomic E-state index is 14.3. The number of amides is 2. The van der Waals surface area contributed by atoms with Crippen LogP contribution < -0.4 is 42.8 Å². The lowest BCUT2D eigenvalue weighted by Gasteiger charge is -2.20. The molecule has 0 aliphatic carbocycles. The molecule has 0 spiro atoms. The molecular weight excluding hydrogens is 534 g/mol.